The van der Waals surface area contributed by atoms with E-state index in [0.29, 0.717) is 23.3 Å². The third-order valence-corrected chi connectivity index (χ3v) is 3.99. The molecule has 1 heterocycles. The van der Waals surface area contributed by atoms with Gasteiger partial charge >= 0.3 is 0 Å². The summed E-state index contributed by atoms with van der Waals surface area (Å²) in [6, 6.07) is 5.91. The highest BCUT2D eigenvalue weighted by Crippen LogP contribution is 2.34. The van der Waals surface area contributed by atoms with E-state index < -0.39 is 6.10 Å². The van der Waals surface area contributed by atoms with Gasteiger partial charge in [0.05, 0.1) is 11.8 Å². The van der Waals surface area contributed by atoms with E-state index in [1.807, 2.05) is 12.1 Å². The van der Waals surface area contributed by atoms with Crippen LogP contribution < -0.4 is 4.90 Å². The number of aliphatic hydroxyl groups excluding tert-OH is 1. The Balaban J connectivity index is 2.33. The predicted octanol–water partition coefficient (Wildman–Crippen LogP) is 3.65. The lowest BCUT2D eigenvalue weighted by molar-refractivity contribution is 0.199. The molecular weight excluding hydrogens is 229 g/mol. The number of halogens is 1. The van der Waals surface area contributed by atoms with E-state index in [0.717, 1.165) is 19.3 Å². The van der Waals surface area contributed by atoms with Gasteiger partial charge in [-0.2, -0.15) is 0 Å². The zero-order valence-electron chi connectivity index (χ0n) is 11.4. The number of hydrogen-bond donors (Lipinski definition) is 1. The van der Waals surface area contributed by atoms with Crippen molar-refractivity contribution in [2.45, 2.75) is 58.2 Å². The number of anilines is 1. The maximum atomic E-state index is 14.2. The second-order valence-corrected chi connectivity index (χ2v) is 5.28. The van der Waals surface area contributed by atoms with Gasteiger partial charge in [0.15, 0.2) is 0 Å². The molecule has 0 aromatic heterocycles. The number of hydrogen-bond acceptors (Lipinski definition) is 2. The van der Waals surface area contributed by atoms with Crippen molar-refractivity contribution < 1.29 is 9.50 Å². The lowest BCUT2D eigenvalue weighted by Gasteiger charge is -2.31. The van der Waals surface area contributed by atoms with Crippen molar-refractivity contribution in [1.29, 1.82) is 0 Å². The largest absolute Gasteiger partial charge is 0.389 e. The topological polar surface area (TPSA) is 23.5 Å². The summed E-state index contributed by atoms with van der Waals surface area (Å²) in [6.45, 7) is 5.96. The molecule has 0 amide bonds. The standard InChI is InChI=1S/C15H22FNO/c1-4-13-7-5-10(2)17(13)15-8-6-12(11(3)18)9-14(15)16/h6,8-11,13,18H,4-5,7H2,1-3H3. The van der Waals surface area contributed by atoms with Crippen LogP contribution in [0.4, 0.5) is 10.1 Å². The molecule has 1 aliphatic rings. The van der Waals surface area contributed by atoms with Crippen molar-refractivity contribution in [1.82, 2.24) is 0 Å². The Hall–Kier alpha value is -1.09. The van der Waals surface area contributed by atoms with Gasteiger partial charge in [0.25, 0.3) is 0 Å². The summed E-state index contributed by atoms with van der Waals surface area (Å²) >= 11 is 0. The number of rotatable bonds is 3. The maximum Gasteiger partial charge on any atom is 0.146 e. The van der Waals surface area contributed by atoms with Crippen LogP contribution in [0.25, 0.3) is 0 Å². The minimum atomic E-state index is -0.619. The molecule has 0 bridgehead atoms. The van der Waals surface area contributed by atoms with Crippen LogP contribution in [0.3, 0.4) is 0 Å². The van der Waals surface area contributed by atoms with Crippen LogP contribution in [0.5, 0.6) is 0 Å². The third kappa shape index (κ3) is 2.37. The normalized spacial score (nSPS) is 25.5. The first-order valence-corrected chi connectivity index (χ1v) is 6.80. The van der Waals surface area contributed by atoms with Gasteiger partial charge in [0, 0.05) is 12.1 Å². The van der Waals surface area contributed by atoms with Gasteiger partial charge in [0.1, 0.15) is 5.82 Å². The van der Waals surface area contributed by atoms with Crippen molar-refractivity contribution in [3.8, 4) is 0 Å². The van der Waals surface area contributed by atoms with Gasteiger partial charge in [-0.3, -0.25) is 0 Å². The molecule has 100 valence electrons. The average Bonchev–Trinajstić information content (AvgIpc) is 2.70. The third-order valence-electron chi connectivity index (χ3n) is 3.99. The summed E-state index contributed by atoms with van der Waals surface area (Å²) in [4.78, 5) is 2.20. The van der Waals surface area contributed by atoms with E-state index in [1.165, 1.54) is 6.07 Å². The fourth-order valence-corrected chi connectivity index (χ4v) is 2.90. The van der Waals surface area contributed by atoms with Crippen LogP contribution in [0, 0.1) is 5.82 Å². The Kier molecular flexibility index (Phi) is 3.91. The molecule has 0 saturated carbocycles. The van der Waals surface area contributed by atoms with Crippen LogP contribution in [-0.4, -0.2) is 17.2 Å². The second kappa shape index (κ2) is 5.27. The van der Waals surface area contributed by atoms with Crippen molar-refractivity contribution >= 4 is 5.69 Å². The van der Waals surface area contributed by atoms with Crippen molar-refractivity contribution in [3.63, 3.8) is 0 Å². The fraction of sp³-hybridized carbons (Fsp3) is 0.600. The Morgan fingerprint density at radius 2 is 2.17 bits per heavy atom. The van der Waals surface area contributed by atoms with E-state index in [9.17, 15) is 9.50 Å². The molecule has 18 heavy (non-hydrogen) atoms. The average molecular weight is 251 g/mol. The van der Waals surface area contributed by atoms with Gasteiger partial charge in [-0.05, 0) is 50.8 Å². The van der Waals surface area contributed by atoms with E-state index in [2.05, 4.69) is 18.7 Å². The van der Waals surface area contributed by atoms with E-state index in [-0.39, 0.29) is 5.82 Å². The number of nitrogens with zero attached hydrogens (tertiary/aromatic N) is 1. The number of aliphatic hydroxyl groups is 1. The molecule has 0 radical (unpaired) electrons. The highest BCUT2D eigenvalue weighted by atomic mass is 19.1. The summed E-state index contributed by atoms with van der Waals surface area (Å²) in [5.41, 5.74) is 1.31. The van der Waals surface area contributed by atoms with E-state index >= 15 is 0 Å². The minimum absolute atomic E-state index is 0.222. The molecule has 3 heteroatoms. The van der Waals surface area contributed by atoms with Crippen LogP contribution in [0.15, 0.2) is 18.2 Å². The maximum absolute atomic E-state index is 14.2. The lowest BCUT2D eigenvalue weighted by Crippen LogP contribution is -2.34. The van der Waals surface area contributed by atoms with Crippen molar-refractivity contribution in [2.75, 3.05) is 4.90 Å². The molecule has 2 rings (SSSR count). The molecule has 1 aromatic carbocycles. The van der Waals surface area contributed by atoms with Gasteiger partial charge < -0.3 is 10.0 Å². The van der Waals surface area contributed by atoms with Crippen LogP contribution in [0.2, 0.25) is 0 Å². The van der Waals surface area contributed by atoms with E-state index in [1.54, 1.807) is 6.92 Å². The highest BCUT2D eigenvalue weighted by molar-refractivity contribution is 5.52. The molecule has 3 unspecified atom stereocenters. The van der Waals surface area contributed by atoms with Crippen molar-refractivity contribution in [3.05, 3.63) is 29.6 Å². The Labute approximate surface area is 108 Å². The number of benzene rings is 1. The quantitative estimate of drug-likeness (QED) is 0.886. The zero-order valence-corrected chi connectivity index (χ0v) is 11.4. The molecule has 1 fully saturated rings. The van der Waals surface area contributed by atoms with Gasteiger partial charge in [-0.1, -0.05) is 13.0 Å². The molecule has 1 N–H and O–H groups in total. The lowest BCUT2D eigenvalue weighted by atomic mass is 10.1. The summed E-state index contributed by atoms with van der Waals surface area (Å²) < 4.78 is 14.2. The molecule has 1 aromatic rings. The fourth-order valence-electron chi connectivity index (χ4n) is 2.90. The van der Waals surface area contributed by atoms with Crippen molar-refractivity contribution in [2.24, 2.45) is 0 Å². The summed E-state index contributed by atoms with van der Waals surface area (Å²) in [5.74, 6) is -0.222. The smallest absolute Gasteiger partial charge is 0.146 e. The Bertz CT molecular complexity index is 419. The first-order valence-electron chi connectivity index (χ1n) is 6.80. The first-order chi connectivity index (χ1) is 8.54. The minimum Gasteiger partial charge on any atom is -0.389 e. The van der Waals surface area contributed by atoms with Gasteiger partial charge in [0.2, 0.25) is 0 Å². The summed E-state index contributed by atoms with van der Waals surface area (Å²) in [6.07, 6.45) is 2.68. The molecule has 1 saturated heterocycles. The first kappa shape index (κ1) is 13.3. The zero-order chi connectivity index (χ0) is 13.3. The highest BCUT2D eigenvalue weighted by Gasteiger charge is 2.31. The second-order valence-electron chi connectivity index (χ2n) is 5.28. The molecule has 2 nitrogen and oxygen atoms in total. The summed E-state index contributed by atoms with van der Waals surface area (Å²) in [7, 11) is 0. The SMILES string of the molecule is CCC1CCC(C)N1c1ccc(C(C)O)cc1F. The molecule has 0 spiro atoms. The Morgan fingerprint density at radius 3 is 2.72 bits per heavy atom. The van der Waals surface area contributed by atoms with Crippen LogP contribution >= 0.6 is 0 Å². The predicted molar refractivity (Wildman–Crippen MR) is 72.3 cm³/mol. The van der Waals surface area contributed by atoms with Crippen LogP contribution in [0.1, 0.15) is 51.7 Å². The Morgan fingerprint density at radius 1 is 1.44 bits per heavy atom. The van der Waals surface area contributed by atoms with Crippen LogP contribution in [-0.2, 0) is 0 Å². The molecule has 3 atom stereocenters. The van der Waals surface area contributed by atoms with Gasteiger partial charge in [-0.25, -0.2) is 4.39 Å². The van der Waals surface area contributed by atoms with E-state index in [4.69, 9.17) is 0 Å². The summed E-state index contributed by atoms with van der Waals surface area (Å²) in [5, 5.41) is 9.47. The molecular formula is C15H22FNO. The molecule has 1 aliphatic heterocycles. The monoisotopic (exact) mass is 251 g/mol. The van der Waals surface area contributed by atoms with Gasteiger partial charge in [-0.15, -0.1) is 0 Å². The molecule has 0 aliphatic carbocycles.